The predicted molar refractivity (Wildman–Crippen MR) is 88.7 cm³/mol. The number of benzene rings is 1. The number of hydrogen-bond donors (Lipinski definition) is 1. The minimum Gasteiger partial charge on any atom is -0.494 e. The van der Waals surface area contributed by atoms with Gasteiger partial charge in [0.2, 0.25) is 0 Å². The third-order valence-electron chi connectivity index (χ3n) is 4.57. The van der Waals surface area contributed by atoms with Crippen LogP contribution >= 0.6 is 0 Å². The summed E-state index contributed by atoms with van der Waals surface area (Å²) < 4.78 is 5.65. The molecule has 1 aliphatic heterocycles. The van der Waals surface area contributed by atoms with Gasteiger partial charge in [0.05, 0.1) is 6.61 Å². The minimum absolute atomic E-state index is 0.313. The Morgan fingerprint density at radius 3 is 2.86 bits per heavy atom. The lowest BCUT2D eigenvalue weighted by molar-refractivity contribution is 0.135. The second kappa shape index (κ2) is 8.40. The Kier molecular flexibility index (Phi) is 6.52. The highest BCUT2D eigenvalue weighted by molar-refractivity contribution is 5.31. The summed E-state index contributed by atoms with van der Waals surface area (Å²) in [5.41, 5.74) is 7.44. The van der Waals surface area contributed by atoms with E-state index in [1.54, 1.807) is 0 Å². The highest BCUT2D eigenvalue weighted by Gasteiger charge is 2.27. The summed E-state index contributed by atoms with van der Waals surface area (Å²) in [7, 11) is 0. The van der Waals surface area contributed by atoms with Gasteiger partial charge < -0.3 is 10.5 Å². The standard InChI is InChI=1S/C18H30N2O/c1-3-16-10-6-5-7-12-20(16)18(14-19)15-9-8-11-17(13-15)21-4-2/h8-9,11,13,16,18H,3-7,10,12,14,19H2,1-2H3. The van der Waals surface area contributed by atoms with Crippen LogP contribution in [0.2, 0.25) is 0 Å². The second-order valence-corrected chi connectivity index (χ2v) is 5.91. The third-order valence-corrected chi connectivity index (χ3v) is 4.57. The molecule has 0 saturated carbocycles. The van der Waals surface area contributed by atoms with E-state index in [-0.39, 0.29) is 0 Å². The van der Waals surface area contributed by atoms with E-state index in [2.05, 4.69) is 30.0 Å². The molecule has 0 bridgehead atoms. The van der Waals surface area contributed by atoms with Gasteiger partial charge >= 0.3 is 0 Å². The van der Waals surface area contributed by atoms with Crippen molar-refractivity contribution in [3.63, 3.8) is 0 Å². The molecule has 1 aromatic carbocycles. The van der Waals surface area contributed by atoms with Crippen molar-refractivity contribution in [3.8, 4) is 5.75 Å². The molecule has 0 radical (unpaired) electrons. The Morgan fingerprint density at radius 1 is 1.29 bits per heavy atom. The summed E-state index contributed by atoms with van der Waals surface area (Å²) in [6, 6.07) is 9.45. The van der Waals surface area contributed by atoms with Crippen molar-refractivity contribution in [3.05, 3.63) is 29.8 Å². The fraction of sp³-hybridized carbons (Fsp3) is 0.667. The predicted octanol–water partition coefficient (Wildman–Crippen LogP) is 3.74. The van der Waals surface area contributed by atoms with Gasteiger partial charge in [-0.3, -0.25) is 4.90 Å². The van der Waals surface area contributed by atoms with Gasteiger partial charge in [0.15, 0.2) is 0 Å². The van der Waals surface area contributed by atoms with Gasteiger partial charge in [-0.25, -0.2) is 0 Å². The number of ether oxygens (including phenoxy) is 1. The molecule has 0 aromatic heterocycles. The van der Waals surface area contributed by atoms with Gasteiger partial charge in [0, 0.05) is 18.6 Å². The van der Waals surface area contributed by atoms with E-state index >= 15 is 0 Å². The molecule has 1 fully saturated rings. The first-order valence-electron chi connectivity index (χ1n) is 8.48. The summed E-state index contributed by atoms with van der Waals surface area (Å²) >= 11 is 0. The SMILES string of the molecule is CCOc1cccc(C(CN)N2CCCCCC2CC)c1. The van der Waals surface area contributed by atoms with Crippen LogP contribution in [0, 0.1) is 0 Å². The molecule has 1 saturated heterocycles. The van der Waals surface area contributed by atoms with E-state index < -0.39 is 0 Å². The topological polar surface area (TPSA) is 38.5 Å². The largest absolute Gasteiger partial charge is 0.494 e. The molecule has 2 unspecified atom stereocenters. The highest BCUT2D eigenvalue weighted by Crippen LogP contribution is 2.30. The van der Waals surface area contributed by atoms with Crippen LogP contribution in [0.1, 0.15) is 57.6 Å². The molecule has 2 atom stereocenters. The van der Waals surface area contributed by atoms with Crippen LogP contribution in [0.3, 0.4) is 0 Å². The number of nitrogens with two attached hydrogens (primary N) is 1. The first-order valence-corrected chi connectivity index (χ1v) is 8.48. The molecule has 2 N–H and O–H groups in total. The number of hydrogen-bond acceptors (Lipinski definition) is 3. The number of nitrogens with zero attached hydrogens (tertiary/aromatic N) is 1. The number of rotatable bonds is 6. The Bertz CT molecular complexity index is 421. The summed E-state index contributed by atoms with van der Waals surface area (Å²) in [4.78, 5) is 2.64. The highest BCUT2D eigenvalue weighted by atomic mass is 16.5. The van der Waals surface area contributed by atoms with Crippen LogP contribution < -0.4 is 10.5 Å². The van der Waals surface area contributed by atoms with Crippen molar-refractivity contribution in [2.24, 2.45) is 5.73 Å². The van der Waals surface area contributed by atoms with Gasteiger partial charge in [-0.05, 0) is 50.4 Å². The fourth-order valence-electron chi connectivity index (χ4n) is 3.49. The quantitative estimate of drug-likeness (QED) is 0.867. The lowest BCUT2D eigenvalue weighted by atomic mass is 10.0. The molecule has 0 amide bonds. The average molecular weight is 290 g/mol. The molecule has 1 aliphatic rings. The van der Waals surface area contributed by atoms with E-state index in [9.17, 15) is 0 Å². The van der Waals surface area contributed by atoms with Gasteiger partial charge in [-0.1, -0.05) is 31.9 Å². The van der Waals surface area contributed by atoms with E-state index in [1.807, 2.05) is 13.0 Å². The van der Waals surface area contributed by atoms with Gasteiger partial charge in [-0.15, -0.1) is 0 Å². The van der Waals surface area contributed by atoms with Gasteiger partial charge in [0.25, 0.3) is 0 Å². The molecule has 1 heterocycles. The fourth-order valence-corrected chi connectivity index (χ4v) is 3.49. The second-order valence-electron chi connectivity index (χ2n) is 5.91. The maximum absolute atomic E-state index is 6.15. The first kappa shape index (κ1) is 16.3. The molecule has 118 valence electrons. The van der Waals surface area contributed by atoms with Gasteiger partial charge in [0.1, 0.15) is 5.75 Å². The lowest BCUT2D eigenvalue weighted by Gasteiger charge is -2.36. The molecule has 1 aromatic rings. The molecule has 0 spiro atoms. The van der Waals surface area contributed by atoms with Crippen molar-refractivity contribution in [1.29, 1.82) is 0 Å². The van der Waals surface area contributed by atoms with Crippen molar-refractivity contribution in [2.75, 3.05) is 19.7 Å². The first-order chi connectivity index (χ1) is 10.3. The zero-order valence-corrected chi connectivity index (χ0v) is 13.6. The van der Waals surface area contributed by atoms with Gasteiger partial charge in [-0.2, -0.15) is 0 Å². The summed E-state index contributed by atoms with van der Waals surface area (Å²) in [6.07, 6.45) is 6.51. The van der Waals surface area contributed by atoms with Crippen LogP contribution in [-0.4, -0.2) is 30.6 Å². The summed E-state index contributed by atoms with van der Waals surface area (Å²) in [6.45, 7) is 6.87. The molecular weight excluding hydrogens is 260 g/mol. The van der Waals surface area contributed by atoms with E-state index in [1.165, 1.54) is 44.2 Å². The molecule has 0 aliphatic carbocycles. The molecular formula is C18H30N2O. The van der Waals surface area contributed by atoms with Crippen LogP contribution in [0.5, 0.6) is 5.75 Å². The van der Waals surface area contributed by atoms with Crippen molar-refractivity contribution in [2.45, 2.75) is 58.0 Å². The minimum atomic E-state index is 0.313. The summed E-state index contributed by atoms with van der Waals surface area (Å²) in [5.74, 6) is 0.955. The van der Waals surface area contributed by atoms with Crippen LogP contribution in [0.25, 0.3) is 0 Å². The van der Waals surface area contributed by atoms with Crippen molar-refractivity contribution >= 4 is 0 Å². The third kappa shape index (κ3) is 4.21. The number of likely N-dealkylation sites (tertiary alicyclic amines) is 1. The average Bonchev–Trinajstić information content (AvgIpc) is 2.74. The molecule has 2 rings (SSSR count). The van der Waals surface area contributed by atoms with Crippen LogP contribution in [-0.2, 0) is 0 Å². The zero-order valence-electron chi connectivity index (χ0n) is 13.6. The summed E-state index contributed by atoms with van der Waals surface area (Å²) in [5, 5.41) is 0. The Hall–Kier alpha value is -1.06. The van der Waals surface area contributed by atoms with E-state index in [0.29, 0.717) is 25.2 Å². The Labute approximate surface area is 129 Å². The van der Waals surface area contributed by atoms with E-state index in [0.717, 1.165) is 5.75 Å². The lowest BCUT2D eigenvalue weighted by Crippen LogP contribution is -2.41. The molecule has 21 heavy (non-hydrogen) atoms. The molecule has 3 nitrogen and oxygen atoms in total. The van der Waals surface area contributed by atoms with Crippen molar-refractivity contribution < 1.29 is 4.74 Å². The zero-order chi connectivity index (χ0) is 15.1. The van der Waals surface area contributed by atoms with Crippen LogP contribution in [0.4, 0.5) is 0 Å². The van der Waals surface area contributed by atoms with Crippen LogP contribution in [0.15, 0.2) is 24.3 Å². The normalized spacial score (nSPS) is 21.8. The molecule has 3 heteroatoms. The van der Waals surface area contributed by atoms with E-state index in [4.69, 9.17) is 10.5 Å². The maximum Gasteiger partial charge on any atom is 0.119 e. The smallest absolute Gasteiger partial charge is 0.119 e. The monoisotopic (exact) mass is 290 g/mol. The Morgan fingerprint density at radius 2 is 2.14 bits per heavy atom. The van der Waals surface area contributed by atoms with Crippen molar-refractivity contribution in [1.82, 2.24) is 4.90 Å². The Balaban J connectivity index is 2.22. The maximum atomic E-state index is 6.15.